The minimum Gasteiger partial charge on any atom is -0.368 e. The fourth-order valence-corrected chi connectivity index (χ4v) is 3.89. The Balaban J connectivity index is 2.17. The van der Waals surface area contributed by atoms with Crippen LogP contribution in [0.25, 0.3) is 21.3 Å². The predicted molar refractivity (Wildman–Crippen MR) is 93.5 cm³/mol. The lowest BCUT2D eigenvalue weighted by molar-refractivity contribution is 0.602. The number of hydrogen-bond donors (Lipinski definition) is 2. The molecule has 0 atom stereocenters. The molecule has 0 radical (unpaired) electrons. The predicted octanol–water partition coefficient (Wildman–Crippen LogP) is 2.13. The first-order valence-corrected chi connectivity index (χ1v) is 9.74. The van der Waals surface area contributed by atoms with Crippen LogP contribution < -0.4 is 11.1 Å². The second-order valence-electron chi connectivity index (χ2n) is 5.07. The molecule has 0 saturated carbocycles. The number of sulfone groups is 1. The fraction of sp³-hybridized carbons (Fsp3) is 0.200. The molecule has 0 fully saturated rings. The number of benzene rings is 1. The smallest absolute Gasteiger partial charge is 0.175 e. The van der Waals surface area contributed by atoms with Crippen molar-refractivity contribution >= 4 is 37.2 Å². The maximum Gasteiger partial charge on any atom is 0.175 e. The van der Waals surface area contributed by atoms with Crippen molar-refractivity contribution in [3.63, 3.8) is 0 Å². The third kappa shape index (κ3) is 3.19. The van der Waals surface area contributed by atoms with Crippen LogP contribution in [0.4, 0.5) is 5.82 Å². The Kier molecular flexibility index (Phi) is 4.29. The highest BCUT2D eigenvalue weighted by atomic mass is 32.2. The molecule has 0 aliphatic heterocycles. The highest BCUT2D eigenvalue weighted by molar-refractivity contribution is 7.90. The lowest BCUT2D eigenvalue weighted by Gasteiger charge is -2.08. The molecule has 0 saturated heterocycles. The van der Waals surface area contributed by atoms with E-state index in [9.17, 15) is 8.42 Å². The second kappa shape index (κ2) is 6.23. The maximum absolute atomic E-state index is 11.8. The molecule has 0 amide bonds. The van der Waals surface area contributed by atoms with E-state index in [-0.39, 0.29) is 0 Å². The zero-order valence-corrected chi connectivity index (χ0v) is 14.1. The summed E-state index contributed by atoms with van der Waals surface area (Å²) in [7, 11) is -3.25. The van der Waals surface area contributed by atoms with Gasteiger partial charge in [-0.2, -0.15) is 0 Å². The number of nitrogens with one attached hydrogen (secondary N) is 1. The zero-order chi connectivity index (χ0) is 16.4. The van der Waals surface area contributed by atoms with Crippen molar-refractivity contribution in [3.05, 3.63) is 36.0 Å². The molecule has 2 heterocycles. The molecule has 0 aliphatic carbocycles. The summed E-state index contributed by atoms with van der Waals surface area (Å²) in [6.07, 6.45) is 2.71. The van der Waals surface area contributed by atoms with Crippen molar-refractivity contribution in [1.82, 2.24) is 9.97 Å². The van der Waals surface area contributed by atoms with Crippen LogP contribution in [-0.4, -0.2) is 37.7 Å². The number of anilines is 1. The van der Waals surface area contributed by atoms with Crippen molar-refractivity contribution in [2.45, 2.75) is 4.90 Å². The number of thiophene rings is 1. The van der Waals surface area contributed by atoms with Crippen LogP contribution in [0.5, 0.6) is 0 Å². The molecule has 120 valence electrons. The molecule has 23 heavy (non-hydrogen) atoms. The number of nitrogens with two attached hydrogens (primary N) is 1. The molecule has 0 unspecified atom stereocenters. The van der Waals surface area contributed by atoms with Gasteiger partial charge in [0, 0.05) is 30.3 Å². The number of rotatable bonds is 5. The Labute approximate surface area is 138 Å². The number of fused-ring (bicyclic) bond motifs is 1. The summed E-state index contributed by atoms with van der Waals surface area (Å²) in [5, 5.41) is 6.04. The van der Waals surface area contributed by atoms with Crippen LogP contribution >= 0.6 is 11.3 Å². The Hall–Kier alpha value is -2.03. The van der Waals surface area contributed by atoms with E-state index in [1.165, 1.54) is 23.9 Å². The Morgan fingerprint density at radius 3 is 2.87 bits per heavy atom. The molecule has 6 nitrogen and oxygen atoms in total. The van der Waals surface area contributed by atoms with Gasteiger partial charge in [0.2, 0.25) is 0 Å². The minimum absolute atomic E-state index is 0.294. The normalized spacial score (nSPS) is 11.7. The first kappa shape index (κ1) is 15.9. The van der Waals surface area contributed by atoms with E-state index >= 15 is 0 Å². The van der Waals surface area contributed by atoms with E-state index in [4.69, 9.17) is 5.73 Å². The summed E-state index contributed by atoms with van der Waals surface area (Å²) < 4.78 is 23.6. The SMILES string of the molecule is CS(=O)(=O)c1cccc(-c2csc3ncnc(NCCN)c23)c1. The van der Waals surface area contributed by atoms with Gasteiger partial charge in [0.15, 0.2) is 9.84 Å². The standard InChI is InChI=1S/C15H16N4O2S2/c1-23(20,21)11-4-2-3-10(7-11)12-8-22-15-13(12)14(17-6-5-16)18-9-19-15/h2-4,7-9H,5-6,16H2,1H3,(H,17,18,19). The van der Waals surface area contributed by atoms with E-state index in [1.807, 2.05) is 11.4 Å². The molecule has 3 rings (SSSR count). The lowest BCUT2D eigenvalue weighted by Crippen LogP contribution is -2.14. The van der Waals surface area contributed by atoms with Crippen LogP contribution in [0, 0.1) is 0 Å². The molecule has 8 heteroatoms. The summed E-state index contributed by atoms with van der Waals surface area (Å²) >= 11 is 1.50. The summed E-state index contributed by atoms with van der Waals surface area (Å²) in [6, 6.07) is 6.90. The molecular weight excluding hydrogens is 332 g/mol. The highest BCUT2D eigenvalue weighted by Gasteiger charge is 2.15. The van der Waals surface area contributed by atoms with Gasteiger partial charge in [0.05, 0.1) is 10.3 Å². The fourth-order valence-electron chi connectivity index (χ4n) is 2.31. The van der Waals surface area contributed by atoms with Gasteiger partial charge in [-0.1, -0.05) is 12.1 Å². The summed E-state index contributed by atoms with van der Waals surface area (Å²) in [5.41, 5.74) is 7.28. The van der Waals surface area contributed by atoms with Gasteiger partial charge in [-0.05, 0) is 17.7 Å². The Morgan fingerprint density at radius 2 is 2.13 bits per heavy atom. The van der Waals surface area contributed by atoms with Gasteiger partial charge in [0.1, 0.15) is 17.0 Å². The van der Waals surface area contributed by atoms with Crippen molar-refractivity contribution in [2.75, 3.05) is 24.7 Å². The molecular formula is C15H16N4O2S2. The van der Waals surface area contributed by atoms with Crippen molar-refractivity contribution in [2.24, 2.45) is 5.73 Å². The third-order valence-electron chi connectivity index (χ3n) is 3.38. The van der Waals surface area contributed by atoms with Gasteiger partial charge >= 0.3 is 0 Å². The van der Waals surface area contributed by atoms with E-state index in [0.717, 1.165) is 21.3 Å². The van der Waals surface area contributed by atoms with E-state index in [0.29, 0.717) is 23.8 Å². The van der Waals surface area contributed by atoms with Crippen LogP contribution in [-0.2, 0) is 9.84 Å². The first-order chi connectivity index (χ1) is 11.0. The van der Waals surface area contributed by atoms with Gasteiger partial charge in [-0.3, -0.25) is 0 Å². The van der Waals surface area contributed by atoms with Crippen LogP contribution in [0.1, 0.15) is 0 Å². The molecule has 1 aromatic carbocycles. The molecule has 0 spiro atoms. The number of aromatic nitrogens is 2. The highest BCUT2D eigenvalue weighted by Crippen LogP contribution is 2.36. The van der Waals surface area contributed by atoms with E-state index in [2.05, 4.69) is 15.3 Å². The molecule has 0 bridgehead atoms. The third-order valence-corrected chi connectivity index (χ3v) is 5.38. The van der Waals surface area contributed by atoms with Crippen molar-refractivity contribution in [3.8, 4) is 11.1 Å². The average molecular weight is 348 g/mol. The quantitative estimate of drug-likeness (QED) is 0.733. The van der Waals surface area contributed by atoms with E-state index < -0.39 is 9.84 Å². The minimum atomic E-state index is -3.25. The topological polar surface area (TPSA) is 98.0 Å². The van der Waals surface area contributed by atoms with Crippen molar-refractivity contribution in [1.29, 1.82) is 0 Å². The first-order valence-electron chi connectivity index (χ1n) is 6.97. The molecule has 0 aliphatic rings. The average Bonchev–Trinajstić information content (AvgIpc) is 2.97. The zero-order valence-electron chi connectivity index (χ0n) is 12.5. The molecule has 3 N–H and O–H groups in total. The summed E-state index contributed by atoms with van der Waals surface area (Å²) in [6.45, 7) is 1.10. The maximum atomic E-state index is 11.8. The number of hydrogen-bond acceptors (Lipinski definition) is 7. The Bertz CT molecular complexity index is 951. The largest absolute Gasteiger partial charge is 0.368 e. The Morgan fingerprint density at radius 1 is 1.30 bits per heavy atom. The lowest BCUT2D eigenvalue weighted by atomic mass is 10.1. The van der Waals surface area contributed by atoms with E-state index in [1.54, 1.807) is 18.2 Å². The summed E-state index contributed by atoms with van der Waals surface area (Å²) in [4.78, 5) is 9.71. The number of nitrogens with zero attached hydrogens (tertiary/aromatic N) is 2. The van der Waals surface area contributed by atoms with Gasteiger partial charge in [-0.25, -0.2) is 18.4 Å². The van der Waals surface area contributed by atoms with Gasteiger partial charge in [-0.15, -0.1) is 11.3 Å². The monoisotopic (exact) mass is 348 g/mol. The van der Waals surface area contributed by atoms with Crippen LogP contribution in [0.2, 0.25) is 0 Å². The van der Waals surface area contributed by atoms with Crippen LogP contribution in [0.15, 0.2) is 40.9 Å². The van der Waals surface area contributed by atoms with Gasteiger partial charge < -0.3 is 11.1 Å². The summed E-state index contributed by atoms with van der Waals surface area (Å²) in [5.74, 6) is 0.710. The van der Waals surface area contributed by atoms with Crippen molar-refractivity contribution < 1.29 is 8.42 Å². The molecule has 2 aromatic heterocycles. The van der Waals surface area contributed by atoms with Crippen LogP contribution in [0.3, 0.4) is 0 Å². The molecule has 3 aromatic rings. The van der Waals surface area contributed by atoms with Gasteiger partial charge in [0.25, 0.3) is 0 Å². The second-order valence-corrected chi connectivity index (χ2v) is 7.94.